The summed E-state index contributed by atoms with van der Waals surface area (Å²) in [7, 11) is 0. The molecular weight excluding hydrogens is 264 g/mol. The van der Waals surface area contributed by atoms with Gasteiger partial charge in [0.2, 0.25) is 11.8 Å². The van der Waals surface area contributed by atoms with Crippen molar-refractivity contribution in [2.45, 2.75) is 50.1 Å². The van der Waals surface area contributed by atoms with Gasteiger partial charge in [-0.2, -0.15) is 0 Å². The molecule has 0 aromatic carbocycles. The van der Waals surface area contributed by atoms with E-state index in [1.165, 1.54) is 19.3 Å². The number of carbonyl (C=O) groups is 2. The predicted octanol–water partition coefficient (Wildman–Crippen LogP) is 1.47. The molecule has 1 N–H and O–H groups in total. The quantitative estimate of drug-likeness (QED) is 0.586. The molecule has 112 valence electrons. The van der Waals surface area contributed by atoms with Crippen LogP contribution in [0, 0.1) is 23.7 Å². The Morgan fingerprint density at radius 2 is 1.76 bits per heavy atom. The van der Waals surface area contributed by atoms with Gasteiger partial charge in [0.15, 0.2) is 0 Å². The largest absolute Gasteiger partial charge is 0.311 e. The van der Waals surface area contributed by atoms with Crippen LogP contribution in [0.3, 0.4) is 0 Å². The SMILES string of the molecule is O=C1C2C3C=CC(C3)C2C(=O)N1C1CCNC2(CCC2)C1. The Bertz CT molecular complexity index is 521. The van der Waals surface area contributed by atoms with E-state index >= 15 is 0 Å². The number of allylic oxidation sites excluding steroid dienone is 2. The molecule has 5 unspecified atom stereocenters. The van der Waals surface area contributed by atoms with Gasteiger partial charge in [-0.3, -0.25) is 14.5 Å². The smallest absolute Gasteiger partial charge is 0.233 e. The summed E-state index contributed by atoms with van der Waals surface area (Å²) in [4.78, 5) is 27.4. The lowest BCUT2D eigenvalue weighted by Crippen LogP contribution is -2.60. The maximum Gasteiger partial charge on any atom is 0.233 e. The molecule has 2 heterocycles. The Hall–Kier alpha value is -1.16. The first-order valence-electron chi connectivity index (χ1n) is 8.49. The highest BCUT2D eigenvalue weighted by Gasteiger charge is 2.61. The minimum absolute atomic E-state index is 0.0280. The van der Waals surface area contributed by atoms with Crippen LogP contribution in [0.25, 0.3) is 0 Å². The highest BCUT2D eigenvalue weighted by atomic mass is 16.2. The third kappa shape index (κ3) is 1.49. The first kappa shape index (κ1) is 12.4. The number of imide groups is 1. The number of carbonyl (C=O) groups excluding carboxylic acids is 2. The third-order valence-electron chi connectivity index (χ3n) is 6.78. The molecule has 4 nitrogen and oxygen atoms in total. The average Bonchev–Trinajstić information content (AvgIpc) is 3.11. The highest BCUT2D eigenvalue weighted by molar-refractivity contribution is 6.06. The van der Waals surface area contributed by atoms with Crippen LogP contribution in [0.5, 0.6) is 0 Å². The Balaban J connectivity index is 1.43. The summed E-state index contributed by atoms with van der Waals surface area (Å²) in [6.45, 7) is 0.947. The molecule has 5 aliphatic rings. The summed E-state index contributed by atoms with van der Waals surface area (Å²) < 4.78 is 0. The normalized spacial score (nSPS) is 46.3. The molecule has 0 aromatic heterocycles. The van der Waals surface area contributed by atoms with Crippen molar-refractivity contribution in [1.82, 2.24) is 10.2 Å². The van der Waals surface area contributed by atoms with Gasteiger partial charge in [0.05, 0.1) is 11.8 Å². The van der Waals surface area contributed by atoms with E-state index in [0.29, 0.717) is 11.8 Å². The van der Waals surface area contributed by atoms with Crippen LogP contribution in [-0.4, -0.2) is 34.8 Å². The monoisotopic (exact) mass is 286 g/mol. The molecule has 2 saturated heterocycles. The summed E-state index contributed by atoms with van der Waals surface area (Å²) in [6.07, 6.45) is 11.0. The number of nitrogens with one attached hydrogen (secondary N) is 1. The van der Waals surface area contributed by atoms with Crippen molar-refractivity contribution in [2.24, 2.45) is 23.7 Å². The molecular formula is C17H22N2O2. The second-order valence-corrected chi connectivity index (χ2v) is 7.75. The fourth-order valence-corrected chi connectivity index (χ4v) is 5.62. The molecule has 0 radical (unpaired) electrons. The van der Waals surface area contributed by atoms with Crippen molar-refractivity contribution in [3.05, 3.63) is 12.2 Å². The Morgan fingerprint density at radius 3 is 2.33 bits per heavy atom. The second-order valence-electron chi connectivity index (χ2n) is 7.75. The van der Waals surface area contributed by atoms with Gasteiger partial charge >= 0.3 is 0 Å². The number of fused-ring (bicyclic) bond motifs is 5. The first-order chi connectivity index (χ1) is 10.2. The molecule has 5 rings (SSSR count). The zero-order valence-electron chi connectivity index (χ0n) is 12.3. The average molecular weight is 286 g/mol. The zero-order chi connectivity index (χ0) is 14.2. The molecule has 2 amide bonds. The van der Waals surface area contributed by atoms with Crippen molar-refractivity contribution in [1.29, 1.82) is 0 Å². The number of hydrogen-bond acceptors (Lipinski definition) is 3. The van der Waals surface area contributed by atoms with Crippen LogP contribution in [0.1, 0.15) is 38.5 Å². The van der Waals surface area contributed by atoms with Crippen LogP contribution in [0.2, 0.25) is 0 Å². The number of piperidine rings is 1. The number of likely N-dealkylation sites (tertiary alicyclic amines) is 1. The molecule has 3 aliphatic carbocycles. The summed E-state index contributed by atoms with van der Waals surface area (Å²) in [6, 6.07) is 0.150. The number of rotatable bonds is 1. The van der Waals surface area contributed by atoms with E-state index in [-0.39, 0.29) is 35.2 Å². The van der Waals surface area contributed by atoms with Crippen LogP contribution in [-0.2, 0) is 9.59 Å². The third-order valence-corrected chi connectivity index (χ3v) is 6.78. The van der Waals surface area contributed by atoms with Crippen molar-refractivity contribution in [3.63, 3.8) is 0 Å². The molecule has 5 atom stereocenters. The number of nitrogens with zero attached hydrogens (tertiary/aromatic N) is 1. The fourth-order valence-electron chi connectivity index (χ4n) is 5.62. The van der Waals surface area contributed by atoms with Crippen molar-refractivity contribution >= 4 is 11.8 Å². The van der Waals surface area contributed by atoms with E-state index in [0.717, 1.165) is 25.8 Å². The fraction of sp³-hybridized carbons (Fsp3) is 0.765. The number of hydrogen-bond donors (Lipinski definition) is 1. The standard InChI is InChI=1S/C17H22N2O2/c20-15-13-10-2-3-11(8-10)14(13)16(21)19(15)12-4-7-18-17(9-12)5-1-6-17/h2-3,10-14,18H,1,4-9H2. The summed E-state index contributed by atoms with van der Waals surface area (Å²) in [5.74, 6) is 0.896. The van der Waals surface area contributed by atoms with Crippen LogP contribution >= 0.6 is 0 Å². The van der Waals surface area contributed by atoms with E-state index in [9.17, 15) is 9.59 Å². The molecule has 0 aromatic rings. The van der Waals surface area contributed by atoms with E-state index < -0.39 is 0 Å². The summed E-state index contributed by atoms with van der Waals surface area (Å²) >= 11 is 0. The Kier molecular flexibility index (Phi) is 2.35. The molecule has 2 saturated carbocycles. The maximum atomic E-state index is 12.9. The molecule has 1 spiro atoms. The minimum atomic E-state index is -0.0280. The van der Waals surface area contributed by atoms with Crippen molar-refractivity contribution in [3.8, 4) is 0 Å². The summed E-state index contributed by atoms with van der Waals surface area (Å²) in [5.41, 5.74) is 0.235. The van der Waals surface area contributed by atoms with Gasteiger partial charge in [0, 0.05) is 11.6 Å². The van der Waals surface area contributed by atoms with E-state index in [4.69, 9.17) is 0 Å². The van der Waals surface area contributed by atoms with Crippen LogP contribution in [0.4, 0.5) is 0 Å². The van der Waals surface area contributed by atoms with Gasteiger partial charge < -0.3 is 5.32 Å². The van der Waals surface area contributed by atoms with E-state index in [2.05, 4.69) is 17.5 Å². The van der Waals surface area contributed by atoms with Gasteiger partial charge in [-0.25, -0.2) is 0 Å². The second kappa shape index (κ2) is 3.97. The minimum Gasteiger partial charge on any atom is -0.311 e. The molecule has 2 aliphatic heterocycles. The number of amides is 2. The highest BCUT2D eigenvalue weighted by Crippen LogP contribution is 2.53. The van der Waals surface area contributed by atoms with Crippen LogP contribution < -0.4 is 5.32 Å². The molecule has 2 bridgehead atoms. The Morgan fingerprint density at radius 1 is 1.10 bits per heavy atom. The van der Waals surface area contributed by atoms with Gasteiger partial charge in [-0.05, 0) is 56.9 Å². The van der Waals surface area contributed by atoms with E-state index in [1.54, 1.807) is 4.90 Å². The van der Waals surface area contributed by atoms with Gasteiger partial charge in [-0.1, -0.05) is 12.2 Å². The Labute approximate surface area is 124 Å². The van der Waals surface area contributed by atoms with Crippen molar-refractivity contribution in [2.75, 3.05) is 6.54 Å². The molecule has 4 heteroatoms. The van der Waals surface area contributed by atoms with Gasteiger partial charge in [-0.15, -0.1) is 0 Å². The maximum absolute atomic E-state index is 12.9. The van der Waals surface area contributed by atoms with Gasteiger partial charge in [0.1, 0.15) is 0 Å². The zero-order valence-corrected chi connectivity index (χ0v) is 12.3. The lowest BCUT2D eigenvalue weighted by Gasteiger charge is -2.49. The lowest BCUT2D eigenvalue weighted by atomic mass is 9.70. The van der Waals surface area contributed by atoms with Crippen LogP contribution in [0.15, 0.2) is 12.2 Å². The molecule has 4 fully saturated rings. The van der Waals surface area contributed by atoms with Crippen molar-refractivity contribution < 1.29 is 9.59 Å². The van der Waals surface area contributed by atoms with E-state index in [1.807, 2.05) is 0 Å². The predicted molar refractivity (Wildman–Crippen MR) is 77.2 cm³/mol. The topological polar surface area (TPSA) is 49.4 Å². The first-order valence-corrected chi connectivity index (χ1v) is 8.49. The lowest BCUT2D eigenvalue weighted by molar-refractivity contribution is -0.145. The summed E-state index contributed by atoms with van der Waals surface area (Å²) in [5, 5.41) is 3.63. The van der Waals surface area contributed by atoms with Gasteiger partial charge in [0.25, 0.3) is 0 Å². The molecule has 21 heavy (non-hydrogen) atoms.